The molecule has 0 amide bonds. The lowest BCUT2D eigenvalue weighted by molar-refractivity contribution is 1.18. The second-order valence-corrected chi connectivity index (χ2v) is 15.9. The molecule has 1 aromatic heterocycles. The van der Waals surface area contributed by atoms with Gasteiger partial charge >= 0.3 is 0 Å². The van der Waals surface area contributed by atoms with Crippen LogP contribution in [-0.2, 0) is 0 Å². The summed E-state index contributed by atoms with van der Waals surface area (Å²) in [5.74, 6) is 0. The average molecular weight is 773 g/mol. The smallest absolute Gasteiger partial charge is 0.0992 e. The van der Waals surface area contributed by atoms with E-state index in [4.69, 9.17) is 0 Å². The van der Waals surface area contributed by atoms with E-state index in [0.29, 0.717) is 5.56 Å². The topological polar surface area (TPSA) is 28.7 Å². The van der Waals surface area contributed by atoms with Crippen LogP contribution in [0.4, 0.5) is 0 Å². The number of hydrogen-bond donors (Lipinski definition) is 0. The lowest BCUT2D eigenvalue weighted by Crippen LogP contribution is -1.94. The minimum atomic E-state index is 0.652. The minimum absolute atomic E-state index is 0.652. The highest BCUT2D eigenvalue weighted by molar-refractivity contribution is 6.25. The number of nitriles is 1. The molecule has 12 rings (SSSR count). The second kappa shape index (κ2) is 13.9. The summed E-state index contributed by atoms with van der Waals surface area (Å²) in [5, 5.41) is 22.0. The molecule has 0 fully saturated rings. The van der Waals surface area contributed by atoms with E-state index in [1.807, 2.05) is 18.2 Å². The van der Waals surface area contributed by atoms with Gasteiger partial charge in [0.05, 0.1) is 22.7 Å². The lowest BCUT2D eigenvalue weighted by atomic mass is 9.83. The summed E-state index contributed by atoms with van der Waals surface area (Å²) in [6, 6.07) is 81.4. The van der Waals surface area contributed by atoms with E-state index in [1.165, 1.54) is 70.9 Å². The van der Waals surface area contributed by atoms with Gasteiger partial charge in [-0.3, -0.25) is 0 Å². The first-order valence-electron chi connectivity index (χ1n) is 20.8. The second-order valence-electron chi connectivity index (χ2n) is 15.9. The highest BCUT2D eigenvalue weighted by Gasteiger charge is 2.20. The molecule has 12 aromatic rings. The predicted octanol–water partition coefficient (Wildman–Crippen LogP) is 15.9. The van der Waals surface area contributed by atoms with Crippen molar-refractivity contribution in [1.29, 1.82) is 5.26 Å². The van der Waals surface area contributed by atoms with Gasteiger partial charge in [-0.25, -0.2) is 0 Å². The molecule has 0 aliphatic rings. The van der Waals surface area contributed by atoms with Crippen molar-refractivity contribution in [1.82, 2.24) is 4.57 Å². The van der Waals surface area contributed by atoms with Crippen molar-refractivity contribution in [2.75, 3.05) is 0 Å². The van der Waals surface area contributed by atoms with E-state index in [0.717, 1.165) is 44.2 Å². The fraction of sp³-hybridized carbons (Fsp3) is 0. The van der Waals surface area contributed by atoms with Gasteiger partial charge in [-0.2, -0.15) is 5.26 Å². The molecule has 61 heavy (non-hydrogen) atoms. The van der Waals surface area contributed by atoms with Gasteiger partial charge in [0.15, 0.2) is 0 Å². The summed E-state index contributed by atoms with van der Waals surface area (Å²) < 4.78 is 2.28. The van der Waals surface area contributed by atoms with Gasteiger partial charge in [-0.1, -0.05) is 182 Å². The highest BCUT2D eigenvalue weighted by atomic mass is 15.0. The fourth-order valence-corrected chi connectivity index (χ4v) is 9.80. The molecule has 282 valence electrons. The summed E-state index contributed by atoms with van der Waals surface area (Å²) in [6.07, 6.45) is 0. The van der Waals surface area contributed by atoms with Crippen LogP contribution in [-0.4, -0.2) is 4.57 Å². The Kier molecular flexibility index (Phi) is 7.95. The number of nitrogens with zero attached hydrogens (tertiary/aromatic N) is 2. The number of hydrogen-bond acceptors (Lipinski definition) is 1. The number of fused-ring (bicyclic) bond motifs is 7. The number of para-hydroxylation sites is 1. The van der Waals surface area contributed by atoms with Gasteiger partial charge in [0, 0.05) is 16.5 Å². The standard InChI is InChI=1S/C59H36N2/c60-37-38-24-31-48-49-32-29-44(36-57(49)61(56(48)34-38)45-16-2-1-3-17-45)40-27-25-39(26-28-40)43-30-33-54-55(35-43)59(51-23-11-15-42-13-5-7-19-47(42)51)53-21-9-8-20-52(53)58(54)50-22-10-14-41-12-4-6-18-46(41)50/h1-36H. The molecule has 0 radical (unpaired) electrons. The average Bonchev–Trinajstić information content (AvgIpc) is 3.66. The summed E-state index contributed by atoms with van der Waals surface area (Å²) in [4.78, 5) is 0. The molecule has 1 heterocycles. The van der Waals surface area contributed by atoms with Crippen LogP contribution in [0.5, 0.6) is 0 Å². The summed E-state index contributed by atoms with van der Waals surface area (Å²) in [6.45, 7) is 0. The van der Waals surface area contributed by atoms with Crippen molar-refractivity contribution >= 4 is 64.9 Å². The molecular weight excluding hydrogens is 737 g/mol. The Balaban J connectivity index is 1.05. The van der Waals surface area contributed by atoms with Crippen LogP contribution < -0.4 is 0 Å². The van der Waals surface area contributed by atoms with Gasteiger partial charge in [0.25, 0.3) is 0 Å². The molecule has 2 nitrogen and oxygen atoms in total. The lowest BCUT2D eigenvalue weighted by Gasteiger charge is -2.20. The van der Waals surface area contributed by atoms with Crippen LogP contribution in [0.2, 0.25) is 0 Å². The molecule has 0 bridgehead atoms. The SMILES string of the molecule is N#Cc1ccc2c3ccc(-c4ccc(-c5ccc6c(-c7cccc8ccccc78)c7ccccc7c(-c7cccc8ccccc78)c6c5)cc4)cc3n(-c3ccccc3)c2c1. The van der Waals surface area contributed by atoms with Crippen molar-refractivity contribution in [3.8, 4) is 56.3 Å². The molecule has 0 saturated carbocycles. The van der Waals surface area contributed by atoms with E-state index < -0.39 is 0 Å². The summed E-state index contributed by atoms with van der Waals surface area (Å²) >= 11 is 0. The maximum absolute atomic E-state index is 9.76. The maximum Gasteiger partial charge on any atom is 0.0992 e. The van der Waals surface area contributed by atoms with Gasteiger partial charge in [0.1, 0.15) is 0 Å². The molecule has 0 unspecified atom stereocenters. The molecule has 0 atom stereocenters. The molecule has 0 aliphatic heterocycles. The molecule has 0 aliphatic carbocycles. The largest absolute Gasteiger partial charge is 0.309 e. The highest BCUT2D eigenvalue weighted by Crippen LogP contribution is 2.47. The van der Waals surface area contributed by atoms with Crippen molar-refractivity contribution < 1.29 is 0 Å². The Labute approximate surface area is 353 Å². The molecule has 0 spiro atoms. The van der Waals surface area contributed by atoms with Crippen LogP contribution in [0.15, 0.2) is 218 Å². The van der Waals surface area contributed by atoms with E-state index in [1.54, 1.807) is 0 Å². The minimum Gasteiger partial charge on any atom is -0.309 e. The Bertz CT molecular complexity index is 3740. The first kappa shape index (κ1) is 34.8. The Morgan fingerprint density at radius 1 is 0.311 bits per heavy atom. The van der Waals surface area contributed by atoms with Crippen molar-refractivity contribution in [2.24, 2.45) is 0 Å². The first-order chi connectivity index (χ1) is 30.2. The van der Waals surface area contributed by atoms with E-state index in [-0.39, 0.29) is 0 Å². The maximum atomic E-state index is 9.76. The van der Waals surface area contributed by atoms with Crippen LogP contribution in [0.3, 0.4) is 0 Å². The van der Waals surface area contributed by atoms with E-state index in [2.05, 4.69) is 211 Å². The Morgan fingerprint density at radius 3 is 1.36 bits per heavy atom. The van der Waals surface area contributed by atoms with Crippen LogP contribution in [0, 0.1) is 11.3 Å². The van der Waals surface area contributed by atoms with Crippen LogP contribution >= 0.6 is 0 Å². The van der Waals surface area contributed by atoms with Crippen molar-refractivity contribution in [2.45, 2.75) is 0 Å². The Morgan fingerprint density at radius 2 is 0.754 bits per heavy atom. The van der Waals surface area contributed by atoms with Gasteiger partial charge in [-0.05, 0) is 124 Å². The molecule has 2 heteroatoms. The van der Waals surface area contributed by atoms with Gasteiger partial charge in [0.2, 0.25) is 0 Å². The summed E-state index contributed by atoms with van der Waals surface area (Å²) in [7, 11) is 0. The van der Waals surface area contributed by atoms with E-state index >= 15 is 0 Å². The third-order valence-electron chi connectivity index (χ3n) is 12.6. The van der Waals surface area contributed by atoms with Gasteiger partial charge < -0.3 is 4.57 Å². The predicted molar refractivity (Wildman–Crippen MR) is 257 cm³/mol. The molecular formula is C59H36N2. The zero-order valence-corrected chi connectivity index (χ0v) is 33.2. The van der Waals surface area contributed by atoms with Crippen LogP contribution in [0.25, 0.3) is 115 Å². The van der Waals surface area contributed by atoms with E-state index in [9.17, 15) is 5.26 Å². The molecule has 0 saturated heterocycles. The molecule has 0 N–H and O–H groups in total. The first-order valence-corrected chi connectivity index (χ1v) is 20.8. The third-order valence-corrected chi connectivity index (χ3v) is 12.6. The third kappa shape index (κ3) is 5.56. The zero-order chi connectivity index (χ0) is 40.4. The monoisotopic (exact) mass is 772 g/mol. The van der Waals surface area contributed by atoms with Crippen LogP contribution in [0.1, 0.15) is 5.56 Å². The number of aromatic nitrogens is 1. The fourth-order valence-electron chi connectivity index (χ4n) is 9.80. The molecule has 11 aromatic carbocycles. The normalized spacial score (nSPS) is 11.6. The summed E-state index contributed by atoms with van der Waals surface area (Å²) in [5.41, 5.74) is 13.5. The quantitative estimate of drug-likeness (QED) is 0.160. The number of benzene rings is 11. The van der Waals surface area contributed by atoms with Crippen molar-refractivity contribution in [3.63, 3.8) is 0 Å². The Hall–Kier alpha value is -8.25. The number of rotatable bonds is 5. The zero-order valence-electron chi connectivity index (χ0n) is 33.2. The van der Waals surface area contributed by atoms with Gasteiger partial charge in [-0.15, -0.1) is 0 Å². The van der Waals surface area contributed by atoms with Crippen molar-refractivity contribution in [3.05, 3.63) is 224 Å².